The van der Waals surface area contributed by atoms with Gasteiger partial charge in [0.05, 0.1) is 23.6 Å². The molecule has 0 bridgehead atoms. The summed E-state index contributed by atoms with van der Waals surface area (Å²) in [6, 6.07) is 6.62. The van der Waals surface area contributed by atoms with E-state index in [4.69, 9.17) is 0 Å². The number of sulfone groups is 1. The fraction of sp³-hybridized carbons (Fsp3) is 0.467. The van der Waals surface area contributed by atoms with E-state index in [1.54, 1.807) is 38.4 Å². The van der Waals surface area contributed by atoms with Gasteiger partial charge in [0, 0.05) is 25.8 Å². The van der Waals surface area contributed by atoms with Crippen molar-refractivity contribution in [2.24, 2.45) is 0 Å². The molecule has 1 fully saturated rings. The van der Waals surface area contributed by atoms with Crippen LogP contribution in [-0.4, -0.2) is 63.3 Å². The predicted molar refractivity (Wildman–Crippen MR) is 88.2 cm³/mol. The maximum Gasteiger partial charge on any atom is 0.253 e. The fourth-order valence-corrected chi connectivity index (χ4v) is 4.32. The van der Waals surface area contributed by atoms with Crippen molar-refractivity contribution in [2.45, 2.75) is 12.5 Å². The first-order valence-corrected chi connectivity index (χ1v) is 9.17. The third-order valence-corrected chi connectivity index (χ3v) is 5.73. The number of para-hydroxylation sites is 1. The van der Waals surface area contributed by atoms with Gasteiger partial charge in [-0.3, -0.25) is 9.59 Å². The van der Waals surface area contributed by atoms with Crippen LogP contribution in [0.4, 0.5) is 5.69 Å². The van der Waals surface area contributed by atoms with Crippen LogP contribution in [0.2, 0.25) is 0 Å². The lowest BCUT2D eigenvalue weighted by Gasteiger charge is -2.24. The van der Waals surface area contributed by atoms with Gasteiger partial charge in [-0.2, -0.15) is 0 Å². The molecule has 2 rings (SSSR count). The van der Waals surface area contributed by atoms with Crippen molar-refractivity contribution >= 4 is 27.3 Å². The van der Waals surface area contributed by atoms with Gasteiger partial charge in [0.2, 0.25) is 5.91 Å². The Bertz CT molecular complexity index is 702. The number of rotatable bonds is 5. The molecule has 1 aromatic rings. The first-order chi connectivity index (χ1) is 10.8. The molecule has 7 nitrogen and oxygen atoms in total. The van der Waals surface area contributed by atoms with E-state index in [1.807, 2.05) is 0 Å². The van der Waals surface area contributed by atoms with E-state index in [0.717, 1.165) is 0 Å². The Morgan fingerprint density at radius 1 is 1.30 bits per heavy atom. The number of nitrogens with one attached hydrogen (secondary N) is 2. The first-order valence-electron chi connectivity index (χ1n) is 7.35. The molecule has 1 heterocycles. The second-order valence-electron chi connectivity index (χ2n) is 5.54. The zero-order chi connectivity index (χ0) is 17.0. The number of carbonyl (C=O) groups is 2. The molecule has 0 aliphatic carbocycles. The minimum atomic E-state index is -3.03. The minimum absolute atomic E-state index is 0.00105. The van der Waals surface area contributed by atoms with Crippen LogP contribution in [0.1, 0.15) is 16.8 Å². The summed E-state index contributed by atoms with van der Waals surface area (Å²) in [4.78, 5) is 25.5. The van der Waals surface area contributed by atoms with E-state index in [9.17, 15) is 18.0 Å². The van der Waals surface area contributed by atoms with E-state index in [-0.39, 0.29) is 35.9 Å². The molecular weight excluding hydrogens is 318 g/mol. The second kappa shape index (κ2) is 6.99. The molecule has 0 radical (unpaired) electrons. The van der Waals surface area contributed by atoms with Crippen molar-refractivity contribution < 1.29 is 18.0 Å². The molecule has 0 saturated carbocycles. The zero-order valence-corrected chi connectivity index (χ0v) is 14.0. The highest BCUT2D eigenvalue weighted by atomic mass is 32.2. The van der Waals surface area contributed by atoms with Crippen molar-refractivity contribution in [1.82, 2.24) is 10.2 Å². The summed E-state index contributed by atoms with van der Waals surface area (Å²) in [7, 11) is 0.122. The highest BCUT2D eigenvalue weighted by Gasteiger charge is 2.32. The van der Waals surface area contributed by atoms with Gasteiger partial charge in [-0.25, -0.2) is 8.42 Å². The number of nitrogens with zero attached hydrogens (tertiary/aromatic N) is 1. The fourth-order valence-electron chi connectivity index (χ4n) is 2.55. The lowest BCUT2D eigenvalue weighted by Crippen LogP contribution is -2.41. The van der Waals surface area contributed by atoms with Crippen LogP contribution in [0.5, 0.6) is 0 Å². The molecule has 1 aromatic carbocycles. The summed E-state index contributed by atoms with van der Waals surface area (Å²) >= 11 is 0. The maximum absolute atomic E-state index is 12.2. The molecule has 23 heavy (non-hydrogen) atoms. The molecule has 1 saturated heterocycles. The van der Waals surface area contributed by atoms with Gasteiger partial charge in [-0.05, 0) is 18.6 Å². The Morgan fingerprint density at radius 3 is 2.61 bits per heavy atom. The number of carbonyl (C=O) groups excluding carboxylic acids is 2. The Morgan fingerprint density at radius 2 is 2.00 bits per heavy atom. The molecule has 1 aliphatic heterocycles. The van der Waals surface area contributed by atoms with Crippen molar-refractivity contribution in [3.8, 4) is 0 Å². The smallest absolute Gasteiger partial charge is 0.253 e. The summed E-state index contributed by atoms with van der Waals surface area (Å²) in [5.74, 6) is -0.304. The summed E-state index contributed by atoms with van der Waals surface area (Å²) in [5, 5.41) is 5.50. The highest BCUT2D eigenvalue weighted by molar-refractivity contribution is 7.91. The third-order valence-electron chi connectivity index (χ3n) is 3.98. The second-order valence-corrected chi connectivity index (χ2v) is 7.77. The standard InChI is InChI=1S/C15H21N3O4S/c1-16-15(20)12-5-3-4-6-13(12)17-9-14(19)18(2)11-7-8-23(21,22)10-11/h3-6,11,17H,7-10H2,1-2H3,(H,16,20). The van der Waals surface area contributed by atoms with Crippen molar-refractivity contribution in [1.29, 1.82) is 0 Å². The first kappa shape index (κ1) is 17.3. The number of hydrogen-bond donors (Lipinski definition) is 2. The average Bonchev–Trinajstić information content (AvgIpc) is 2.91. The van der Waals surface area contributed by atoms with Gasteiger partial charge >= 0.3 is 0 Å². The Hall–Kier alpha value is -2.09. The van der Waals surface area contributed by atoms with Gasteiger partial charge in [0.15, 0.2) is 9.84 Å². The number of benzene rings is 1. The van der Waals surface area contributed by atoms with Crippen molar-refractivity contribution in [3.63, 3.8) is 0 Å². The Labute approximate surface area is 136 Å². The number of amides is 2. The van der Waals surface area contributed by atoms with Crippen LogP contribution < -0.4 is 10.6 Å². The van der Waals surface area contributed by atoms with Gasteiger partial charge in [0.25, 0.3) is 5.91 Å². The normalized spacial score (nSPS) is 19.1. The summed E-state index contributed by atoms with van der Waals surface area (Å²) < 4.78 is 23.0. The summed E-state index contributed by atoms with van der Waals surface area (Å²) in [6.45, 7) is 0.00105. The molecule has 0 aromatic heterocycles. The number of anilines is 1. The van der Waals surface area contributed by atoms with E-state index in [2.05, 4.69) is 10.6 Å². The lowest BCUT2D eigenvalue weighted by molar-refractivity contribution is -0.129. The minimum Gasteiger partial charge on any atom is -0.376 e. The largest absolute Gasteiger partial charge is 0.376 e. The molecule has 8 heteroatoms. The Kier molecular flexibility index (Phi) is 5.25. The molecule has 2 amide bonds. The van der Waals surface area contributed by atoms with Crippen LogP contribution in [-0.2, 0) is 14.6 Å². The molecule has 0 spiro atoms. The number of likely N-dealkylation sites (N-methyl/N-ethyl adjacent to an activating group) is 1. The van der Waals surface area contributed by atoms with Crippen molar-refractivity contribution in [2.75, 3.05) is 37.5 Å². The van der Waals surface area contributed by atoms with E-state index in [0.29, 0.717) is 17.7 Å². The number of hydrogen-bond acceptors (Lipinski definition) is 5. The third kappa shape index (κ3) is 4.22. The zero-order valence-electron chi connectivity index (χ0n) is 13.2. The maximum atomic E-state index is 12.2. The van der Waals surface area contributed by atoms with Gasteiger partial charge in [-0.1, -0.05) is 12.1 Å². The molecule has 126 valence electrons. The van der Waals surface area contributed by atoms with E-state index < -0.39 is 9.84 Å². The monoisotopic (exact) mass is 339 g/mol. The van der Waals surface area contributed by atoms with Crippen LogP contribution in [0, 0.1) is 0 Å². The highest BCUT2D eigenvalue weighted by Crippen LogP contribution is 2.18. The molecule has 1 atom stereocenters. The van der Waals surface area contributed by atoms with Gasteiger partial charge in [0.1, 0.15) is 0 Å². The molecule has 1 aliphatic rings. The summed E-state index contributed by atoms with van der Waals surface area (Å²) in [5.41, 5.74) is 1.02. The van der Waals surface area contributed by atoms with Crippen LogP contribution in [0.15, 0.2) is 24.3 Å². The van der Waals surface area contributed by atoms with Crippen LogP contribution >= 0.6 is 0 Å². The lowest BCUT2D eigenvalue weighted by atomic mass is 10.1. The van der Waals surface area contributed by atoms with Crippen molar-refractivity contribution in [3.05, 3.63) is 29.8 Å². The summed E-state index contributed by atoms with van der Waals surface area (Å²) in [6.07, 6.45) is 0.472. The Balaban J connectivity index is 1.98. The predicted octanol–water partition coefficient (Wildman–Crippen LogP) is 0.104. The van der Waals surface area contributed by atoms with Crippen LogP contribution in [0.25, 0.3) is 0 Å². The quantitative estimate of drug-likeness (QED) is 0.793. The SMILES string of the molecule is CNC(=O)c1ccccc1NCC(=O)N(C)C1CCS(=O)(=O)C1. The van der Waals surface area contributed by atoms with Gasteiger partial charge < -0.3 is 15.5 Å². The van der Waals surface area contributed by atoms with E-state index in [1.165, 1.54) is 4.90 Å². The molecular formula is C15H21N3O4S. The van der Waals surface area contributed by atoms with Gasteiger partial charge in [-0.15, -0.1) is 0 Å². The van der Waals surface area contributed by atoms with E-state index >= 15 is 0 Å². The molecule has 2 N–H and O–H groups in total. The molecule has 1 unspecified atom stereocenters. The average molecular weight is 339 g/mol. The topological polar surface area (TPSA) is 95.6 Å². The van der Waals surface area contributed by atoms with Crippen LogP contribution in [0.3, 0.4) is 0 Å².